The zero-order valence-corrected chi connectivity index (χ0v) is 8.24. The second-order valence-electron chi connectivity index (χ2n) is 2.92. The smallest absolute Gasteiger partial charge is 0.145 e. The molecule has 0 saturated carbocycles. The Morgan fingerprint density at radius 3 is 3.07 bits per heavy atom. The Bertz CT molecular complexity index is 443. The summed E-state index contributed by atoms with van der Waals surface area (Å²) in [5, 5.41) is 0. The maximum absolute atomic E-state index is 10.5. The van der Waals surface area contributed by atoms with E-state index in [1.54, 1.807) is 24.4 Å². The minimum absolute atomic E-state index is 0.0537. The Labute approximate surface area is 83.2 Å². The molecular weight excluding hydrogens is 202 g/mol. The van der Waals surface area contributed by atoms with Crippen molar-refractivity contribution in [1.29, 1.82) is 0 Å². The fraction of sp³-hybridized carbons (Fsp3) is 0.222. The summed E-state index contributed by atoms with van der Waals surface area (Å²) in [5.74, 6) is 0.760. The van der Waals surface area contributed by atoms with E-state index in [2.05, 4.69) is 4.99 Å². The summed E-state index contributed by atoms with van der Waals surface area (Å²) in [4.78, 5) is 4.11. The average molecular weight is 211 g/mol. The normalized spacial score (nSPS) is 13.8. The van der Waals surface area contributed by atoms with Gasteiger partial charge in [0.1, 0.15) is 28.7 Å². The first kappa shape index (κ1) is 9.21. The molecule has 4 nitrogen and oxygen atoms in total. The van der Waals surface area contributed by atoms with Gasteiger partial charge in [-0.2, -0.15) is 0 Å². The molecule has 0 saturated heterocycles. The van der Waals surface area contributed by atoms with Crippen LogP contribution in [0.1, 0.15) is 5.56 Å². The van der Waals surface area contributed by atoms with Crippen molar-refractivity contribution >= 4 is 22.6 Å². The molecular formula is C9H9NO3S. The van der Waals surface area contributed by atoms with Gasteiger partial charge in [0.25, 0.3) is 0 Å². The van der Waals surface area contributed by atoms with Gasteiger partial charge in [-0.25, -0.2) is 8.42 Å². The molecule has 1 heterocycles. The topological polar surface area (TPSA) is 55.7 Å². The SMILES string of the molecule is O=[SH](=O)Cc1ccc2c(c1)N=CCO2. The summed E-state index contributed by atoms with van der Waals surface area (Å²) in [6, 6.07) is 5.22. The number of rotatable bonds is 2. The molecule has 1 aliphatic heterocycles. The second kappa shape index (κ2) is 3.79. The maximum Gasteiger partial charge on any atom is 0.145 e. The summed E-state index contributed by atoms with van der Waals surface area (Å²) in [6.07, 6.45) is 1.66. The average Bonchev–Trinajstić information content (AvgIpc) is 2.17. The van der Waals surface area contributed by atoms with Gasteiger partial charge >= 0.3 is 0 Å². The summed E-state index contributed by atoms with van der Waals surface area (Å²) in [7, 11) is -2.38. The lowest BCUT2D eigenvalue weighted by Crippen LogP contribution is -2.03. The third kappa shape index (κ3) is 1.93. The van der Waals surface area contributed by atoms with Crippen LogP contribution in [0.3, 0.4) is 0 Å². The highest BCUT2D eigenvalue weighted by Gasteiger charge is 2.07. The van der Waals surface area contributed by atoms with Crippen molar-refractivity contribution in [3.8, 4) is 5.75 Å². The molecule has 1 aromatic rings. The summed E-state index contributed by atoms with van der Waals surface area (Å²) in [5.41, 5.74) is 1.44. The highest BCUT2D eigenvalue weighted by molar-refractivity contribution is 7.71. The molecule has 2 rings (SSSR count). The number of fused-ring (bicyclic) bond motifs is 1. The largest absolute Gasteiger partial charge is 0.486 e. The number of aliphatic imine (C=N–C) groups is 1. The molecule has 0 unspecified atom stereocenters. The zero-order valence-electron chi connectivity index (χ0n) is 7.34. The van der Waals surface area contributed by atoms with Crippen molar-refractivity contribution in [2.45, 2.75) is 5.75 Å². The Balaban J connectivity index is 2.35. The van der Waals surface area contributed by atoms with E-state index in [4.69, 9.17) is 4.74 Å². The van der Waals surface area contributed by atoms with E-state index in [1.807, 2.05) is 0 Å². The third-order valence-electron chi connectivity index (χ3n) is 1.88. The number of nitrogens with zero attached hydrogens (tertiary/aromatic N) is 1. The van der Waals surface area contributed by atoms with Gasteiger partial charge in [-0.3, -0.25) is 4.99 Å². The van der Waals surface area contributed by atoms with Crippen LogP contribution in [-0.4, -0.2) is 21.2 Å². The maximum atomic E-state index is 10.5. The molecule has 0 fully saturated rings. The van der Waals surface area contributed by atoms with Gasteiger partial charge in [0.15, 0.2) is 0 Å². The molecule has 74 valence electrons. The fourth-order valence-corrected chi connectivity index (χ4v) is 1.79. The van der Waals surface area contributed by atoms with Crippen LogP contribution < -0.4 is 4.74 Å². The lowest BCUT2D eigenvalue weighted by atomic mass is 10.2. The van der Waals surface area contributed by atoms with E-state index in [1.165, 1.54) is 0 Å². The van der Waals surface area contributed by atoms with E-state index < -0.39 is 10.7 Å². The summed E-state index contributed by atoms with van der Waals surface area (Å²) >= 11 is 0. The molecule has 14 heavy (non-hydrogen) atoms. The zero-order chi connectivity index (χ0) is 9.97. The van der Waals surface area contributed by atoms with Crippen molar-refractivity contribution in [2.24, 2.45) is 4.99 Å². The van der Waals surface area contributed by atoms with E-state index in [-0.39, 0.29) is 5.75 Å². The Hall–Kier alpha value is -1.36. The quantitative estimate of drug-likeness (QED) is 0.739. The molecule has 0 amide bonds. The van der Waals surface area contributed by atoms with Crippen LogP contribution in [0.5, 0.6) is 5.75 Å². The molecule has 0 N–H and O–H groups in total. The number of ether oxygens (including phenoxy) is 1. The van der Waals surface area contributed by atoms with Gasteiger partial charge in [0, 0.05) is 6.21 Å². The number of benzene rings is 1. The summed E-state index contributed by atoms with van der Waals surface area (Å²) < 4.78 is 26.3. The van der Waals surface area contributed by atoms with Crippen molar-refractivity contribution in [1.82, 2.24) is 0 Å². The molecule has 0 aliphatic carbocycles. The van der Waals surface area contributed by atoms with Crippen molar-refractivity contribution in [2.75, 3.05) is 6.61 Å². The predicted molar refractivity (Wildman–Crippen MR) is 54.1 cm³/mol. The van der Waals surface area contributed by atoms with Crippen LogP contribution in [0.25, 0.3) is 0 Å². The number of hydrogen-bond acceptors (Lipinski definition) is 4. The first-order valence-corrected chi connectivity index (χ1v) is 5.52. The van der Waals surface area contributed by atoms with Crippen LogP contribution in [0, 0.1) is 0 Å². The number of hydrogen-bond donors (Lipinski definition) is 1. The molecule has 0 atom stereocenters. The molecule has 0 aromatic heterocycles. The Morgan fingerprint density at radius 1 is 1.43 bits per heavy atom. The lowest BCUT2D eigenvalue weighted by molar-refractivity contribution is 0.377. The predicted octanol–water partition coefficient (Wildman–Crippen LogP) is 0.893. The van der Waals surface area contributed by atoms with Crippen LogP contribution in [0.15, 0.2) is 23.2 Å². The molecule has 1 aromatic carbocycles. The van der Waals surface area contributed by atoms with Gasteiger partial charge in [-0.1, -0.05) is 6.07 Å². The van der Waals surface area contributed by atoms with Crippen molar-refractivity contribution < 1.29 is 13.2 Å². The molecule has 5 heteroatoms. The van der Waals surface area contributed by atoms with Crippen LogP contribution in [0.2, 0.25) is 0 Å². The van der Waals surface area contributed by atoms with Crippen LogP contribution in [0.4, 0.5) is 5.69 Å². The van der Waals surface area contributed by atoms with Gasteiger partial charge < -0.3 is 4.74 Å². The minimum Gasteiger partial charge on any atom is -0.486 e. The minimum atomic E-state index is -2.38. The summed E-state index contributed by atoms with van der Waals surface area (Å²) in [6.45, 7) is 0.474. The Morgan fingerprint density at radius 2 is 2.29 bits per heavy atom. The van der Waals surface area contributed by atoms with E-state index >= 15 is 0 Å². The Kier molecular flexibility index (Phi) is 2.49. The van der Waals surface area contributed by atoms with Crippen molar-refractivity contribution in [3.63, 3.8) is 0 Å². The van der Waals surface area contributed by atoms with E-state index in [9.17, 15) is 8.42 Å². The molecule has 0 bridgehead atoms. The third-order valence-corrected chi connectivity index (χ3v) is 2.50. The molecule has 0 spiro atoms. The highest BCUT2D eigenvalue weighted by atomic mass is 32.2. The van der Waals surface area contributed by atoms with Crippen LogP contribution in [-0.2, 0) is 16.5 Å². The van der Waals surface area contributed by atoms with E-state index in [0.29, 0.717) is 18.0 Å². The monoisotopic (exact) mass is 211 g/mol. The second-order valence-corrected chi connectivity index (χ2v) is 3.90. The van der Waals surface area contributed by atoms with Gasteiger partial charge in [-0.15, -0.1) is 0 Å². The van der Waals surface area contributed by atoms with Crippen molar-refractivity contribution in [3.05, 3.63) is 23.8 Å². The standard InChI is InChI=1S/C9H9NO3S/c11-14(12)6-7-1-2-9-8(5-7)10-3-4-13-9/h1-3,5,14H,4,6H2. The van der Waals surface area contributed by atoms with Gasteiger partial charge in [-0.05, 0) is 17.7 Å². The lowest BCUT2D eigenvalue weighted by Gasteiger charge is -2.11. The fourth-order valence-electron chi connectivity index (χ4n) is 1.30. The number of thiol groups is 1. The first-order valence-electron chi connectivity index (χ1n) is 4.16. The van der Waals surface area contributed by atoms with Crippen LogP contribution >= 0.6 is 0 Å². The molecule has 0 radical (unpaired) electrons. The highest BCUT2D eigenvalue weighted by Crippen LogP contribution is 2.30. The van der Waals surface area contributed by atoms with Gasteiger partial charge in [0.2, 0.25) is 0 Å². The van der Waals surface area contributed by atoms with Gasteiger partial charge in [0.05, 0.1) is 5.75 Å². The first-order chi connectivity index (χ1) is 6.75. The van der Waals surface area contributed by atoms with E-state index in [0.717, 1.165) is 5.56 Å². The molecule has 1 aliphatic rings.